The zero-order chi connectivity index (χ0) is 14.4. The number of ether oxygens (including phenoxy) is 1. The molecule has 110 valence electrons. The van der Waals surface area contributed by atoms with Gasteiger partial charge in [-0.25, -0.2) is 0 Å². The Hall–Kier alpha value is -1.12. The number of methoxy groups -OCH3 is 1. The zero-order valence-electron chi connectivity index (χ0n) is 12.9. The van der Waals surface area contributed by atoms with E-state index in [0.29, 0.717) is 0 Å². The van der Waals surface area contributed by atoms with Crippen molar-refractivity contribution in [3.63, 3.8) is 0 Å². The normalized spacial score (nSPS) is 16.7. The summed E-state index contributed by atoms with van der Waals surface area (Å²) in [5, 5.41) is 3.45. The zero-order valence-corrected chi connectivity index (χ0v) is 12.9. The fourth-order valence-corrected chi connectivity index (χ4v) is 2.96. The Bertz CT molecular complexity index is 455. The molecule has 2 nitrogen and oxygen atoms in total. The summed E-state index contributed by atoms with van der Waals surface area (Å²) in [6, 6.07) is 7.01. The quantitative estimate of drug-likeness (QED) is 0.580. The standard InChI is InChI=1S/C18H27NO/c1-4-18(2,14-19-10-11-20-3)13-15-8-9-16-6-5-7-17(16)12-15/h4,8-9,12,19H,1,5-7,10-11,13-14H2,2-3H3. The largest absolute Gasteiger partial charge is 0.383 e. The molecule has 1 atom stereocenters. The van der Waals surface area contributed by atoms with Crippen LogP contribution in [-0.4, -0.2) is 26.8 Å². The van der Waals surface area contributed by atoms with Crippen molar-refractivity contribution in [1.82, 2.24) is 5.32 Å². The number of hydrogen-bond donors (Lipinski definition) is 1. The highest BCUT2D eigenvalue weighted by Crippen LogP contribution is 2.27. The summed E-state index contributed by atoms with van der Waals surface area (Å²) in [4.78, 5) is 0. The van der Waals surface area contributed by atoms with E-state index in [1.807, 2.05) is 0 Å². The minimum absolute atomic E-state index is 0.0978. The number of aryl methyl sites for hydroxylation is 2. The molecule has 0 saturated carbocycles. The van der Waals surface area contributed by atoms with Crippen molar-refractivity contribution in [1.29, 1.82) is 0 Å². The average molecular weight is 273 g/mol. The van der Waals surface area contributed by atoms with E-state index in [1.54, 1.807) is 18.2 Å². The summed E-state index contributed by atoms with van der Waals surface area (Å²) >= 11 is 0. The lowest BCUT2D eigenvalue weighted by Gasteiger charge is -2.26. The molecule has 0 fully saturated rings. The third kappa shape index (κ3) is 3.94. The first-order valence-corrected chi connectivity index (χ1v) is 7.61. The Morgan fingerprint density at radius 3 is 2.90 bits per heavy atom. The summed E-state index contributed by atoms with van der Waals surface area (Å²) in [5.41, 5.74) is 4.63. The molecule has 1 aliphatic carbocycles. The van der Waals surface area contributed by atoms with Crippen molar-refractivity contribution in [3.8, 4) is 0 Å². The number of nitrogens with one attached hydrogen (secondary N) is 1. The second-order valence-electron chi connectivity index (χ2n) is 6.16. The second-order valence-corrected chi connectivity index (χ2v) is 6.16. The SMILES string of the molecule is C=CC(C)(CNCCOC)Cc1ccc2c(c1)CCC2. The lowest BCUT2D eigenvalue weighted by atomic mass is 9.83. The maximum absolute atomic E-state index is 5.07. The summed E-state index contributed by atoms with van der Waals surface area (Å²) in [7, 11) is 1.74. The van der Waals surface area contributed by atoms with Crippen LogP contribution >= 0.6 is 0 Å². The van der Waals surface area contributed by atoms with E-state index in [-0.39, 0.29) is 5.41 Å². The molecule has 0 radical (unpaired) electrons. The summed E-state index contributed by atoms with van der Waals surface area (Å²) < 4.78 is 5.07. The van der Waals surface area contributed by atoms with E-state index in [4.69, 9.17) is 4.74 Å². The van der Waals surface area contributed by atoms with Gasteiger partial charge in [-0.2, -0.15) is 0 Å². The van der Waals surface area contributed by atoms with Crippen molar-refractivity contribution < 1.29 is 4.74 Å². The Morgan fingerprint density at radius 2 is 2.15 bits per heavy atom. The predicted molar refractivity (Wildman–Crippen MR) is 85.2 cm³/mol. The van der Waals surface area contributed by atoms with Crippen molar-refractivity contribution >= 4 is 0 Å². The van der Waals surface area contributed by atoms with Crippen LogP contribution in [0.2, 0.25) is 0 Å². The molecule has 0 bridgehead atoms. The van der Waals surface area contributed by atoms with Crippen LogP contribution in [0.15, 0.2) is 30.9 Å². The fourth-order valence-electron chi connectivity index (χ4n) is 2.96. The Balaban J connectivity index is 1.96. The van der Waals surface area contributed by atoms with Gasteiger partial charge in [0.15, 0.2) is 0 Å². The molecule has 1 aromatic rings. The molecule has 1 unspecified atom stereocenters. The molecule has 2 heteroatoms. The summed E-state index contributed by atoms with van der Waals surface area (Å²) in [6.45, 7) is 8.89. The van der Waals surface area contributed by atoms with Crippen LogP contribution in [0.3, 0.4) is 0 Å². The van der Waals surface area contributed by atoms with Gasteiger partial charge in [0.25, 0.3) is 0 Å². The van der Waals surface area contributed by atoms with E-state index in [1.165, 1.54) is 24.8 Å². The van der Waals surface area contributed by atoms with E-state index in [2.05, 4.69) is 43.1 Å². The third-order valence-corrected chi connectivity index (χ3v) is 4.28. The van der Waals surface area contributed by atoms with Crippen LogP contribution < -0.4 is 5.32 Å². The maximum atomic E-state index is 5.07. The van der Waals surface area contributed by atoms with Crippen molar-refractivity contribution in [2.45, 2.75) is 32.6 Å². The van der Waals surface area contributed by atoms with Crippen molar-refractivity contribution in [3.05, 3.63) is 47.5 Å². The predicted octanol–water partition coefficient (Wildman–Crippen LogP) is 3.15. The van der Waals surface area contributed by atoms with Gasteiger partial charge >= 0.3 is 0 Å². The van der Waals surface area contributed by atoms with Gasteiger partial charge in [-0.3, -0.25) is 0 Å². The molecule has 0 aromatic heterocycles. The van der Waals surface area contributed by atoms with Gasteiger partial charge in [0.05, 0.1) is 6.61 Å². The Labute approximate surface area is 123 Å². The lowest BCUT2D eigenvalue weighted by molar-refractivity contribution is 0.196. The molecule has 0 heterocycles. The molecule has 0 aliphatic heterocycles. The van der Waals surface area contributed by atoms with E-state index in [0.717, 1.165) is 26.1 Å². The monoisotopic (exact) mass is 273 g/mol. The van der Waals surface area contributed by atoms with Gasteiger partial charge in [-0.1, -0.05) is 31.2 Å². The van der Waals surface area contributed by atoms with E-state index >= 15 is 0 Å². The molecular formula is C18H27NO. The second kappa shape index (κ2) is 7.05. The average Bonchev–Trinajstić information content (AvgIpc) is 2.91. The summed E-state index contributed by atoms with van der Waals surface area (Å²) in [5.74, 6) is 0. The van der Waals surface area contributed by atoms with Crippen LogP contribution in [0.25, 0.3) is 0 Å². The minimum Gasteiger partial charge on any atom is -0.383 e. The molecule has 1 aromatic carbocycles. The maximum Gasteiger partial charge on any atom is 0.0587 e. The van der Waals surface area contributed by atoms with Gasteiger partial charge in [0.2, 0.25) is 0 Å². The third-order valence-electron chi connectivity index (χ3n) is 4.28. The first kappa shape index (κ1) is 15.3. The minimum atomic E-state index is 0.0978. The molecule has 2 rings (SSSR count). The molecule has 20 heavy (non-hydrogen) atoms. The molecule has 0 saturated heterocycles. The van der Waals surface area contributed by atoms with Gasteiger partial charge in [-0.05, 0) is 42.4 Å². The first-order chi connectivity index (χ1) is 9.67. The molecule has 1 N–H and O–H groups in total. The van der Waals surface area contributed by atoms with Gasteiger partial charge in [0.1, 0.15) is 0 Å². The Morgan fingerprint density at radius 1 is 1.35 bits per heavy atom. The highest BCUT2D eigenvalue weighted by Gasteiger charge is 2.21. The highest BCUT2D eigenvalue weighted by atomic mass is 16.5. The van der Waals surface area contributed by atoms with Crippen LogP contribution in [0, 0.1) is 5.41 Å². The lowest BCUT2D eigenvalue weighted by Crippen LogP contribution is -2.33. The molecular weight excluding hydrogens is 246 g/mol. The number of hydrogen-bond acceptors (Lipinski definition) is 2. The molecule has 0 amide bonds. The Kier molecular flexibility index (Phi) is 5.38. The molecule has 0 spiro atoms. The van der Waals surface area contributed by atoms with E-state index in [9.17, 15) is 0 Å². The van der Waals surface area contributed by atoms with Gasteiger partial charge in [0, 0.05) is 25.6 Å². The number of fused-ring (bicyclic) bond motifs is 1. The van der Waals surface area contributed by atoms with Crippen LogP contribution in [-0.2, 0) is 24.0 Å². The smallest absolute Gasteiger partial charge is 0.0587 e. The topological polar surface area (TPSA) is 21.3 Å². The summed E-state index contributed by atoms with van der Waals surface area (Å²) in [6.07, 6.45) is 6.95. The van der Waals surface area contributed by atoms with Crippen molar-refractivity contribution in [2.24, 2.45) is 5.41 Å². The number of rotatable bonds is 8. The van der Waals surface area contributed by atoms with Crippen LogP contribution in [0.5, 0.6) is 0 Å². The highest BCUT2D eigenvalue weighted by molar-refractivity contribution is 5.36. The van der Waals surface area contributed by atoms with E-state index < -0.39 is 0 Å². The van der Waals surface area contributed by atoms with Gasteiger partial charge in [-0.15, -0.1) is 6.58 Å². The van der Waals surface area contributed by atoms with Crippen LogP contribution in [0.4, 0.5) is 0 Å². The first-order valence-electron chi connectivity index (χ1n) is 7.61. The fraction of sp³-hybridized carbons (Fsp3) is 0.556. The number of benzene rings is 1. The van der Waals surface area contributed by atoms with Crippen LogP contribution in [0.1, 0.15) is 30.0 Å². The van der Waals surface area contributed by atoms with Crippen molar-refractivity contribution in [2.75, 3.05) is 26.8 Å². The molecule has 1 aliphatic rings. The van der Waals surface area contributed by atoms with Gasteiger partial charge < -0.3 is 10.1 Å².